The van der Waals surface area contributed by atoms with Crippen LogP contribution in [-0.4, -0.2) is 20.8 Å². The van der Waals surface area contributed by atoms with E-state index in [-0.39, 0.29) is 17.2 Å². The average molecular weight is 375 g/mol. The summed E-state index contributed by atoms with van der Waals surface area (Å²) in [7, 11) is 1.68. The van der Waals surface area contributed by atoms with Crippen LogP contribution >= 0.6 is 0 Å². The largest absolute Gasteiger partial charge is 0.435 e. The fourth-order valence-corrected chi connectivity index (χ4v) is 3.34. The molecule has 0 amide bonds. The van der Waals surface area contributed by atoms with Crippen molar-refractivity contribution in [3.8, 4) is 17.1 Å². The Morgan fingerprint density at radius 3 is 2.52 bits per heavy atom. The number of hydrogen-bond donors (Lipinski definition) is 0. The molecule has 7 heteroatoms. The van der Waals surface area contributed by atoms with Crippen LogP contribution in [-0.2, 0) is 13.5 Å². The van der Waals surface area contributed by atoms with Gasteiger partial charge in [0.15, 0.2) is 5.82 Å². The van der Waals surface area contributed by atoms with Gasteiger partial charge in [0.2, 0.25) is 0 Å². The Morgan fingerprint density at radius 1 is 1.22 bits per heavy atom. The molecule has 0 bridgehead atoms. The maximum Gasteiger partial charge on any atom is 0.387 e. The molecule has 3 rings (SSSR count). The molecule has 0 radical (unpaired) electrons. The van der Waals surface area contributed by atoms with Crippen molar-refractivity contribution in [3.63, 3.8) is 0 Å². The van der Waals surface area contributed by atoms with Crippen molar-refractivity contribution in [2.45, 2.75) is 46.6 Å². The number of alkyl halides is 2. The summed E-state index contributed by atoms with van der Waals surface area (Å²) in [6.07, 6.45) is 0.589. The smallest absolute Gasteiger partial charge is 0.387 e. The molecule has 27 heavy (non-hydrogen) atoms. The zero-order valence-electron chi connectivity index (χ0n) is 16.1. The van der Waals surface area contributed by atoms with Crippen molar-refractivity contribution in [3.05, 3.63) is 51.4 Å². The lowest BCUT2D eigenvalue weighted by molar-refractivity contribution is -0.0498. The zero-order valence-corrected chi connectivity index (χ0v) is 16.1. The van der Waals surface area contributed by atoms with Gasteiger partial charge in [-0.05, 0) is 54.7 Å². The molecule has 3 aromatic rings. The zero-order chi connectivity index (χ0) is 19.9. The van der Waals surface area contributed by atoms with E-state index in [1.54, 1.807) is 23.7 Å². The molecule has 1 aromatic carbocycles. The van der Waals surface area contributed by atoms with E-state index in [1.165, 1.54) is 10.6 Å². The second kappa shape index (κ2) is 7.13. The third kappa shape index (κ3) is 3.34. The van der Waals surface area contributed by atoms with Gasteiger partial charge in [0, 0.05) is 18.3 Å². The fourth-order valence-electron chi connectivity index (χ4n) is 3.34. The van der Waals surface area contributed by atoms with Gasteiger partial charge in [0.25, 0.3) is 5.56 Å². The Bertz CT molecular complexity index is 1050. The fraction of sp³-hybridized carbons (Fsp3) is 0.400. The molecule has 2 aromatic heterocycles. The molecule has 0 saturated carbocycles. The van der Waals surface area contributed by atoms with E-state index in [4.69, 9.17) is 5.10 Å². The molecule has 5 nitrogen and oxygen atoms in total. The van der Waals surface area contributed by atoms with Gasteiger partial charge in [-0.2, -0.15) is 8.78 Å². The second-order valence-corrected chi connectivity index (χ2v) is 6.89. The number of hydrogen-bond acceptors (Lipinski definition) is 3. The van der Waals surface area contributed by atoms with Crippen LogP contribution in [0, 0.1) is 6.92 Å². The van der Waals surface area contributed by atoms with Crippen LogP contribution in [0.4, 0.5) is 8.78 Å². The first-order valence-electron chi connectivity index (χ1n) is 8.92. The van der Waals surface area contributed by atoms with Crippen LogP contribution in [0.15, 0.2) is 29.1 Å². The summed E-state index contributed by atoms with van der Waals surface area (Å²) in [6.45, 7) is 5.03. The van der Waals surface area contributed by atoms with Crippen LogP contribution < -0.4 is 10.3 Å². The predicted octanol–water partition coefficient (Wildman–Crippen LogP) is 4.30. The van der Waals surface area contributed by atoms with E-state index in [9.17, 15) is 13.6 Å². The lowest BCUT2D eigenvalue weighted by atomic mass is 10.0. The van der Waals surface area contributed by atoms with Crippen molar-refractivity contribution in [1.82, 2.24) is 14.2 Å². The van der Waals surface area contributed by atoms with Crippen LogP contribution in [0.5, 0.6) is 5.75 Å². The van der Waals surface area contributed by atoms with E-state index in [0.29, 0.717) is 17.8 Å². The highest BCUT2D eigenvalue weighted by molar-refractivity contribution is 5.65. The molecule has 0 unspecified atom stereocenters. The number of fused-ring (bicyclic) bond motifs is 1. The summed E-state index contributed by atoms with van der Waals surface area (Å²) < 4.78 is 32.7. The molecule has 0 spiro atoms. The summed E-state index contributed by atoms with van der Waals surface area (Å²) in [4.78, 5) is 13.1. The molecule has 0 atom stereocenters. The minimum Gasteiger partial charge on any atom is -0.435 e. The number of aromatic nitrogens is 3. The summed E-state index contributed by atoms with van der Waals surface area (Å²) in [5.41, 5.74) is 3.78. The first-order chi connectivity index (χ1) is 12.7. The molecule has 0 N–H and O–H groups in total. The van der Waals surface area contributed by atoms with Gasteiger partial charge >= 0.3 is 6.61 Å². The van der Waals surface area contributed by atoms with Crippen molar-refractivity contribution in [1.29, 1.82) is 0 Å². The molecular weight excluding hydrogens is 352 g/mol. The number of rotatable bonds is 5. The molecule has 144 valence electrons. The minimum atomic E-state index is -2.88. The Labute approximate surface area is 156 Å². The molecule has 0 aliphatic rings. The van der Waals surface area contributed by atoms with Gasteiger partial charge in [-0.25, -0.2) is 4.52 Å². The summed E-state index contributed by atoms with van der Waals surface area (Å²) in [5.74, 6) is 0.781. The number of halogens is 2. The lowest BCUT2D eigenvalue weighted by Gasteiger charge is -2.14. The van der Waals surface area contributed by atoms with Gasteiger partial charge in [0.1, 0.15) is 11.3 Å². The van der Waals surface area contributed by atoms with Gasteiger partial charge < -0.3 is 4.74 Å². The monoisotopic (exact) mass is 375 g/mol. The first-order valence-corrected chi connectivity index (χ1v) is 8.92. The third-order valence-electron chi connectivity index (χ3n) is 4.75. The predicted molar refractivity (Wildman–Crippen MR) is 101 cm³/mol. The molecule has 0 aliphatic carbocycles. The number of nitrogens with zero attached hydrogens (tertiary/aromatic N) is 3. The SMILES string of the molecule is CCc1cc(OC(F)F)ccc1-c1nn2c(C)cc(C(C)C)c2c(=O)n1C. The second-order valence-electron chi connectivity index (χ2n) is 6.89. The van der Waals surface area contributed by atoms with Gasteiger partial charge in [-0.15, -0.1) is 5.10 Å². The van der Waals surface area contributed by atoms with Crippen molar-refractivity contribution in [2.75, 3.05) is 0 Å². The lowest BCUT2D eigenvalue weighted by Crippen LogP contribution is -2.24. The highest BCUT2D eigenvalue weighted by Gasteiger charge is 2.19. The van der Waals surface area contributed by atoms with E-state index >= 15 is 0 Å². The van der Waals surface area contributed by atoms with E-state index in [2.05, 4.69) is 4.74 Å². The van der Waals surface area contributed by atoms with E-state index in [1.807, 2.05) is 33.8 Å². The quantitative estimate of drug-likeness (QED) is 0.668. The first kappa shape index (κ1) is 19.1. The summed E-state index contributed by atoms with van der Waals surface area (Å²) in [6, 6.07) is 6.70. The topological polar surface area (TPSA) is 48.5 Å². The van der Waals surface area contributed by atoms with E-state index in [0.717, 1.165) is 22.4 Å². The molecule has 0 fully saturated rings. The maximum absolute atomic E-state index is 13.1. The molecule has 0 saturated heterocycles. The van der Waals surface area contributed by atoms with Gasteiger partial charge in [0.05, 0.1) is 0 Å². The Hall–Kier alpha value is -2.70. The van der Waals surface area contributed by atoms with Crippen LogP contribution in [0.1, 0.15) is 43.5 Å². The van der Waals surface area contributed by atoms with Gasteiger partial charge in [-0.1, -0.05) is 20.8 Å². The Morgan fingerprint density at radius 2 is 1.93 bits per heavy atom. The third-order valence-corrected chi connectivity index (χ3v) is 4.75. The van der Waals surface area contributed by atoms with Crippen LogP contribution in [0.2, 0.25) is 0 Å². The molecule has 0 aliphatic heterocycles. The number of benzene rings is 1. The van der Waals surface area contributed by atoms with Crippen molar-refractivity contribution < 1.29 is 13.5 Å². The highest BCUT2D eigenvalue weighted by Crippen LogP contribution is 2.28. The number of aryl methyl sites for hydroxylation is 2. The average Bonchev–Trinajstić information content (AvgIpc) is 2.94. The van der Waals surface area contributed by atoms with Crippen LogP contribution in [0.3, 0.4) is 0 Å². The number of ether oxygens (including phenoxy) is 1. The molecule has 2 heterocycles. The summed E-state index contributed by atoms with van der Waals surface area (Å²) in [5, 5.41) is 4.70. The normalized spacial score (nSPS) is 11.7. The van der Waals surface area contributed by atoms with Crippen molar-refractivity contribution in [2.24, 2.45) is 7.05 Å². The highest BCUT2D eigenvalue weighted by atomic mass is 19.3. The maximum atomic E-state index is 13.1. The van der Waals surface area contributed by atoms with Crippen LogP contribution in [0.25, 0.3) is 16.9 Å². The Kier molecular flexibility index (Phi) is 5.04. The summed E-state index contributed by atoms with van der Waals surface area (Å²) >= 11 is 0. The van der Waals surface area contributed by atoms with Crippen molar-refractivity contribution >= 4 is 5.52 Å². The van der Waals surface area contributed by atoms with E-state index < -0.39 is 6.61 Å². The van der Waals surface area contributed by atoms with Gasteiger partial charge in [-0.3, -0.25) is 9.36 Å². The molecular formula is C20H23F2N3O2. The minimum absolute atomic E-state index is 0.0934. The standard InChI is InChI=1S/C20H23F2N3O2/c1-6-13-10-14(27-20(21)22)7-8-15(13)18-23-25-12(4)9-16(11(2)3)17(25)19(26)24(18)5/h7-11,20H,6H2,1-5H3. The Balaban J connectivity index is 2.25.